The topological polar surface area (TPSA) is 51.4 Å². The van der Waals surface area contributed by atoms with Crippen molar-refractivity contribution in [2.45, 2.75) is 0 Å². The van der Waals surface area contributed by atoms with Gasteiger partial charge in [-0.25, -0.2) is 4.39 Å². The van der Waals surface area contributed by atoms with E-state index in [0.717, 1.165) is 6.13 Å². The van der Waals surface area contributed by atoms with Gasteiger partial charge in [0.1, 0.15) is 0 Å². The van der Waals surface area contributed by atoms with Crippen LogP contribution in [0.4, 0.5) is 4.39 Å². The molecule has 0 fully saturated rings. The van der Waals surface area contributed by atoms with Crippen molar-refractivity contribution in [2.75, 3.05) is 0 Å². The number of hydrogen-bond donors (Lipinski definition) is 0. The Labute approximate surface area is 38.2 Å². The summed E-state index contributed by atoms with van der Waals surface area (Å²) in [5.74, 6) is 0. The third-order valence-electron chi connectivity index (χ3n) is 0. The van der Waals surface area contributed by atoms with E-state index in [-0.39, 0.29) is 0 Å². The molecular formula is CClFO3. The van der Waals surface area contributed by atoms with Gasteiger partial charge in [-0.15, -0.1) is 0 Å². The van der Waals surface area contributed by atoms with Crippen LogP contribution >= 0.6 is 11.6 Å². The van der Waals surface area contributed by atoms with Crippen molar-refractivity contribution in [3.8, 4) is 0 Å². The van der Waals surface area contributed by atoms with E-state index in [9.17, 15) is 4.39 Å². The molecule has 0 heterocycles. The first kappa shape index (κ1) is 9.15. The molecule has 0 atom stereocenters. The van der Waals surface area contributed by atoms with Crippen LogP contribution in [-0.4, -0.2) is 0 Å². The van der Waals surface area contributed by atoms with Crippen LogP contribution in [0.15, 0.2) is 0 Å². The average Bonchev–Trinajstić information content (AvgIpc) is 1.39. The summed E-state index contributed by atoms with van der Waals surface area (Å²) >= 11 is 4.08. The lowest BCUT2D eigenvalue weighted by molar-refractivity contribution is -0.284. The van der Waals surface area contributed by atoms with E-state index in [1.807, 2.05) is 0 Å². The van der Waals surface area contributed by atoms with Gasteiger partial charge in [-0.1, -0.05) is 21.8 Å². The van der Waals surface area contributed by atoms with Crippen molar-refractivity contribution in [3.63, 3.8) is 0 Å². The maximum atomic E-state index is 9.81. The predicted octanol–water partition coefficient (Wildman–Crippen LogP) is 0.0690. The molecule has 0 amide bonds. The van der Waals surface area contributed by atoms with E-state index in [4.69, 9.17) is 10.2 Å². The molecule has 36 valence electrons. The standard InChI is InChI=1S/CClF.O3/c2-1-3;1-3-2. The molecule has 0 aromatic rings. The summed E-state index contributed by atoms with van der Waals surface area (Å²) in [5.41, 5.74) is 0. The molecule has 5 heteroatoms. The molecular weight excluding hydrogens is 114 g/mol. The highest BCUT2D eigenvalue weighted by Gasteiger charge is 1.50. The van der Waals surface area contributed by atoms with E-state index in [0.29, 0.717) is 0 Å². The van der Waals surface area contributed by atoms with Crippen molar-refractivity contribution < 1.29 is 9.65 Å². The molecule has 0 aliphatic carbocycles. The normalized spacial score (nSPS) is 5.00. The molecule has 0 saturated heterocycles. The van der Waals surface area contributed by atoms with Gasteiger partial charge in [0.25, 0.3) is 6.13 Å². The second-order valence-electron chi connectivity index (χ2n) is 0.139. The summed E-state index contributed by atoms with van der Waals surface area (Å²) in [5, 5.41) is 7.88. The van der Waals surface area contributed by atoms with Crippen molar-refractivity contribution in [2.24, 2.45) is 0 Å². The molecule has 0 unspecified atom stereocenters. The van der Waals surface area contributed by atoms with Gasteiger partial charge in [-0.05, 0) is 0 Å². The molecule has 0 bridgehead atoms. The minimum absolute atomic E-state index is 0.722. The largest absolute Gasteiger partial charge is 0.288 e. The maximum Gasteiger partial charge on any atom is 0.288 e. The molecule has 6 heavy (non-hydrogen) atoms. The first-order valence-corrected chi connectivity index (χ1v) is 1.09. The molecule has 0 aliphatic rings. The van der Waals surface area contributed by atoms with Crippen molar-refractivity contribution >= 4 is 11.6 Å². The third kappa shape index (κ3) is 172. The highest BCUT2D eigenvalue weighted by Crippen LogP contribution is 1.76. The van der Waals surface area contributed by atoms with Crippen LogP contribution in [0, 0.1) is 15.8 Å². The van der Waals surface area contributed by atoms with Gasteiger partial charge in [0.15, 0.2) is 4.75 Å². The molecule has 0 aliphatic heterocycles. The van der Waals surface area contributed by atoms with Gasteiger partial charge in [0.2, 0.25) is 0 Å². The smallest absolute Gasteiger partial charge is 0.216 e. The molecule has 0 rings (SSSR count). The summed E-state index contributed by atoms with van der Waals surface area (Å²) in [6.45, 7) is 0. The van der Waals surface area contributed by atoms with Crippen molar-refractivity contribution in [1.29, 1.82) is 0 Å². The van der Waals surface area contributed by atoms with Crippen LogP contribution in [-0.2, 0) is 0 Å². The fourth-order valence-corrected chi connectivity index (χ4v) is 0. The van der Waals surface area contributed by atoms with Crippen molar-refractivity contribution in [3.05, 3.63) is 15.8 Å². The van der Waals surface area contributed by atoms with E-state index >= 15 is 0 Å². The fourth-order valence-electron chi connectivity index (χ4n) is 0. The summed E-state index contributed by atoms with van der Waals surface area (Å²) in [6.07, 6.45) is 0.722. The molecule has 0 N–H and O–H groups in total. The second-order valence-corrected chi connectivity index (χ2v) is 0.282. The van der Waals surface area contributed by atoms with Crippen LogP contribution < -0.4 is 5.26 Å². The van der Waals surface area contributed by atoms with Crippen LogP contribution in [0.5, 0.6) is 0 Å². The zero-order valence-corrected chi connectivity index (χ0v) is 3.24. The van der Waals surface area contributed by atoms with Gasteiger partial charge in [-0.3, -0.25) is 0 Å². The monoisotopic (exact) mass is 114 g/mol. The van der Waals surface area contributed by atoms with E-state index in [1.165, 1.54) is 0 Å². The third-order valence-corrected chi connectivity index (χ3v) is 0. The van der Waals surface area contributed by atoms with Gasteiger partial charge < -0.3 is 0 Å². The molecule has 2 radical (unpaired) electrons. The first-order chi connectivity index (χ1) is 2.83. The van der Waals surface area contributed by atoms with E-state index < -0.39 is 0 Å². The zero-order valence-electron chi connectivity index (χ0n) is 2.48. The minimum atomic E-state index is 0.722. The molecule has 0 saturated carbocycles. The summed E-state index contributed by atoms with van der Waals surface area (Å²) in [4.78, 5) is 7.88. The highest BCUT2D eigenvalue weighted by molar-refractivity contribution is 6.21. The van der Waals surface area contributed by atoms with Gasteiger partial charge in [0, 0.05) is 0 Å². The Balaban J connectivity index is 0. The van der Waals surface area contributed by atoms with Crippen LogP contribution in [0.25, 0.3) is 0 Å². The Morgan fingerprint density at radius 1 is 2.00 bits per heavy atom. The lowest BCUT2D eigenvalue weighted by atomic mass is 11.8. The highest BCUT2D eigenvalue weighted by atomic mass is 35.5. The Hall–Kier alpha value is -0.380. The lowest BCUT2D eigenvalue weighted by Gasteiger charge is -1.36. The van der Waals surface area contributed by atoms with E-state index in [2.05, 4.69) is 11.6 Å². The van der Waals surface area contributed by atoms with Crippen LogP contribution in [0.3, 0.4) is 0 Å². The quantitative estimate of drug-likeness (QED) is 0.254. The van der Waals surface area contributed by atoms with E-state index in [1.54, 1.807) is 4.75 Å². The number of halogens is 2. The number of hydrogen-bond acceptors (Lipinski definition) is 2. The Morgan fingerprint density at radius 3 is 2.00 bits per heavy atom. The summed E-state index contributed by atoms with van der Waals surface area (Å²) in [6, 6.07) is 0. The Kier molecular flexibility index (Phi) is 35.2. The lowest BCUT2D eigenvalue weighted by Crippen LogP contribution is -1.82. The SMILES string of the molecule is F[C]Cl.O=[O+][O-]. The molecule has 0 aromatic carbocycles. The van der Waals surface area contributed by atoms with Gasteiger partial charge in [0.05, 0.1) is 0 Å². The molecule has 0 aromatic heterocycles. The van der Waals surface area contributed by atoms with Gasteiger partial charge >= 0.3 is 0 Å². The second kappa shape index (κ2) is 23.1. The summed E-state index contributed by atoms with van der Waals surface area (Å²) < 4.78 is 11.6. The Morgan fingerprint density at radius 2 is 2.00 bits per heavy atom. The van der Waals surface area contributed by atoms with Crippen molar-refractivity contribution in [1.82, 2.24) is 0 Å². The van der Waals surface area contributed by atoms with Crippen LogP contribution in [0.1, 0.15) is 0 Å². The predicted molar refractivity (Wildman–Crippen MR) is 16.9 cm³/mol. The molecule has 0 spiro atoms. The van der Waals surface area contributed by atoms with Crippen LogP contribution in [0.2, 0.25) is 0 Å². The molecule has 3 nitrogen and oxygen atoms in total. The maximum absolute atomic E-state index is 9.81. The number of rotatable bonds is 0. The average molecular weight is 114 g/mol. The first-order valence-electron chi connectivity index (χ1n) is 0.711. The van der Waals surface area contributed by atoms with Gasteiger partial charge in [-0.2, -0.15) is 0 Å². The zero-order chi connectivity index (χ0) is 5.41. The fraction of sp³-hybridized carbons (Fsp3) is 0. The summed E-state index contributed by atoms with van der Waals surface area (Å²) in [7, 11) is 0. The minimum Gasteiger partial charge on any atom is -0.216 e. The Bertz CT molecular complexity index is 24.8.